The molecule has 0 aliphatic carbocycles. The van der Waals surface area contributed by atoms with Crippen LogP contribution in [0, 0.1) is 5.82 Å². The number of hydrogen-bond donors (Lipinski definition) is 2. The Morgan fingerprint density at radius 1 is 1.47 bits per heavy atom. The molecule has 1 rings (SSSR count). The zero-order valence-corrected chi connectivity index (χ0v) is 11.2. The van der Waals surface area contributed by atoms with Crippen LogP contribution in [0.25, 0.3) is 6.08 Å². The molecule has 0 atom stereocenters. The number of benzene rings is 1. The summed E-state index contributed by atoms with van der Waals surface area (Å²) in [7, 11) is 0. The van der Waals surface area contributed by atoms with E-state index in [9.17, 15) is 14.0 Å². The first-order valence-corrected chi connectivity index (χ1v) is 5.94. The molecule has 19 heavy (non-hydrogen) atoms. The summed E-state index contributed by atoms with van der Waals surface area (Å²) in [6.07, 6.45) is 1.40. The van der Waals surface area contributed by atoms with E-state index in [1.54, 1.807) is 6.92 Å². The van der Waals surface area contributed by atoms with Crippen molar-refractivity contribution in [2.75, 3.05) is 5.32 Å². The highest BCUT2D eigenvalue weighted by molar-refractivity contribution is 6.32. The molecule has 1 amide bonds. The number of carbonyl (C=O) groups is 2. The summed E-state index contributed by atoms with van der Waals surface area (Å²) >= 11 is 5.85. The van der Waals surface area contributed by atoms with Crippen molar-refractivity contribution in [3.05, 3.63) is 34.1 Å². The van der Waals surface area contributed by atoms with E-state index in [1.165, 1.54) is 25.1 Å². The second kappa shape index (κ2) is 6.33. The minimum atomic E-state index is -1.14. The number of rotatable bonds is 4. The maximum atomic E-state index is 14.1. The lowest BCUT2D eigenvalue weighted by Crippen LogP contribution is -2.08. The van der Waals surface area contributed by atoms with Crippen LogP contribution in [0.15, 0.2) is 17.7 Å². The minimum absolute atomic E-state index is 0.0285. The smallest absolute Gasteiger partial charge is 0.331 e. The molecule has 0 bridgehead atoms. The van der Waals surface area contributed by atoms with Gasteiger partial charge < -0.3 is 10.4 Å². The number of carboxylic acids is 1. The molecule has 0 saturated carbocycles. The number of halogens is 2. The first-order valence-electron chi connectivity index (χ1n) is 5.56. The van der Waals surface area contributed by atoms with Crippen LogP contribution in [0.1, 0.15) is 25.8 Å². The molecule has 102 valence electrons. The summed E-state index contributed by atoms with van der Waals surface area (Å²) in [6, 6.07) is 2.72. The Hall–Kier alpha value is -1.88. The summed E-state index contributed by atoms with van der Waals surface area (Å²) in [6.45, 7) is 2.89. The highest BCUT2D eigenvalue weighted by atomic mass is 35.5. The lowest BCUT2D eigenvalue weighted by molar-refractivity contribution is -0.132. The summed E-state index contributed by atoms with van der Waals surface area (Å²) in [4.78, 5) is 21.8. The average molecular weight is 286 g/mol. The van der Waals surface area contributed by atoms with E-state index in [0.717, 1.165) is 0 Å². The quantitative estimate of drug-likeness (QED) is 0.834. The van der Waals surface area contributed by atoms with Crippen LogP contribution in [0.5, 0.6) is 0 Å². The summed E-state index contributed by atoms with van der Waals surface area (Å²) in [5.74, 6) is -2.32. The number of hydrogen-bond acceptors (Lipinski definition) is 2. The Morgan fingerprint density at radius 2 is 2.11 bits per heavy atom. The van der Waals surface area contributed by atoms with E-state index in [-0.39, 0.29) is 28.3 Å². The molecule has 0 unspecified atom stereocenters. The van der Waals surface area contributed by atoms with Gasteiger partial charge in [-0.2, -0.15) is 0 Å². The molecule has 0 aliphatic heterocycles. The molecule has 4 nitrogen and oxygen atoms in total. The van der Waals surface area contributed by atoms with Crippen molar-refractivity contribution >= 4 is 35.2 Å². The number of nitrogens with one attached hydrogen (secondary N) is 1. The number of aliphatic carboxylic acids is 1. The van der Waals surface area contributed by atoms with Crippen molar-refractivity contribution in [2.45, 2.75) is 20.3 Å². The van der Waals surface area contributed by atoms with E-state index in [0.29, 0.717) is 0 Å². The molecule has 0 aromatic heterocycles. The second-order valence-electron chi connectivity index (χ2n) is 3.83. The van der Waals surface area contributed by atoms with Crippen molar-refractivity contribution < 1.29 is 19.1 Å². The predicted molar refractivity (Wildman–Crippen MR) is 71.6 cm³/mol. The van der Waals surface area contributed by atoms with Gasteiger partial charge in [0.1, 0.15) is 0 Å². The maximum absolute atomic E-state index is 14.1. The molecular weight excluding hydrogens is 273 g/mol. The number of amides is 1. The van der Waals surface area contributed by atoms with Crippen molar-refractivity contribution in [2.24, 2.45) is 0 Å². The molecule has 0 saturated heterocycles. The van der Waals surface area contributed by atoms with Crippen molar-refractivity contribution in [1.82, 2.24) is 0 Å². The van der Waals surface area contributed by atoms with Gasteiger partial charge in [-0.25, -0.2) is 9.18 Å². The predicted octanol–water partition coefficient (Wildman–Crippen LogP) is 3.32. The molecule has 0 aliphatic rings. The van der Waals surface area contributed by atoms with Crippen LogP contribution >= 0.6 is 11.6 Å². The first kappa shape index (κ1) is 15.2. The molecule has 2 N–H and O–H groups in total. The maximum Gasteiger partial charge on any atom is 0.331 e. The Kier molecular flexibility index (Phi) is 5.06. The van der Waals surface area contributed by atoms with Crippen LogP contribution in [0.3, 0.4) is 0 Å². The van der Waals surface area contributed by atoms with E-state index in [4.69, 9.17) is 16.7 Å². The molecular formula is C13H13ClFNO3. The van der Waals surface area contributed by atoms with E-state index in [2.05, 4.69) is 5.32 Å². The molecule has 0 spiro atoms. The van der Waals surface area contributed by atoms with Gasteiger partial charge >= 0.3 is 5.97 Å². The Balaban J connectivity index is 3.34. The van der Waals surface area contributed by atoms with Gasteiger partial charge in [0.05, 0.1) is 10.7 Å². The van der Waals surface area contributed by atoms with Gasteiger partial charge in [-0.3, -0.25) is 4.79 Å². The lowest BCUT2D eigenvalue weighted by Gasteiger charge is -2.09. The topological polar surface area (TPSA) is 66.4 Å². The lowest BCUT2D eigenvalue weighted by atomic mass is 10.1. The van der Waals surface area contributed by atoms with Crippen LogP contribution in [-0.4, -0.2) is 17.0 Å². The summed E-state index contributed by atoms with van der Waals surface area (Å²) in [5.41, 5.74) is -0.0584. The number of carbonyl (C=O) groups excluding carboxylic acids is 1. The zero-order valence-electron chi connectivity index (χ0n) is 10.5. The molecule has 1 aromatic carbocycles. The van der Waals surface area contributed by atoms with Crippen LogP contribution in [0.2, 0.25) is 5.02 Å². The van der Waals surface area contributed by atoms with Gasteiger partial charge in [0.25, 0.3) is 0 Å². The monoisotopic (exact) mass is 285 g/mol. The molecule has 1 aromatic rings. The molecule has 0 heterocycles. The summed E-state index contributed by atoms with van der Waals surface area (Å²) < 4.78 is 14.1. The fraction of sp³-hybridized carbons (Fsp3) is 0.231. The van der Waals surface area contributed by atoms with Crippen molar-refractivity contribution in [3.63, 3.8) is 0 Å². The largest absolute Gasteiger partial charge is 0.478 e. The SMILES string of the molecule is CC/C(=C\c1c(Cl)ccc(NC(C)=O)c1F)C(=O)O. The van der Waals surface area contributed by atoms with Crippen molar-refractivity contribution in [1.29, 1.82) is 0 Å². The van der Waals surface area contributed by atoms with E-state index < -0.39 is 17.7 Å². The van der Waals surface area contributed by atoms with E-state index in [1.807, 2.05) is 0 Å². The highest BCUT2D eigenvalue weighted by Crippen LogP contribution is 2.28. The molecule has 0 radical (unpaired) electrons. The average Bonchev–Trinajstić information content (AvgIpc) is 2.32. The van der Waals surface area contributed by atoms with Gasteiger partial charge in [-0.15, -0.1) is 0 Å². The Labute approximate surface area is 114 Å². The third-order valence-corrected chi connectivity index (χ3v) is 2.74. The summed E-state index contributed by atoms with van der Waals surface area (Å²) in [5, 5.41) is 11.3. The van der Waals surface area contributed by atoms with Crippen LogP contribution < -0.4 is 5.32 Å². The van der Waals surface area contributed by atoms with Gasteiger partial charge in [0.15, 0.2) is 5.82 Å². The van der Waals surface area contributed by atoms with Gasteiger partial charge in [-0.05, 0) is 24.6 Å². The standard InChI is InChI=1S/C13H13ClFNO3/c1-3-8(13(18)19)6-9-10(14)4-5-11(12(9)15)16-7(2)17/h4-6H,3H2,1-2H3,(H,16,17)(H,18,19)/b8-6+. The third kappa shape index (κ3) is 3.79. The van der Waals surface area contributed by atoms with E-state index >= 15 is 0 Å². The number of carboxylic acid groups (broad SMARTS) is 1. The van der Waals surface area contributed by atoms with Crippen LogP contribution in [-0.2, 0) is 9.59 Å². The molecule has 0 fully saturated rings. The van der Waals surface area contributed by atoms with Gasteiger partial charge in [-0.1, -0.05) is 18.5 Å². The zero-order chi connectivity index (χ0) is 14.6. The minimum Gasteiger partial charge on any atom is -0.478 e. The van der Waals surface area contributed by atoms with Crippen molar-refractivity contribution in [3.8, 4) is 0 Å². The Bertz CT molecular complexity index is 555. The third-order valence-electron chi connectivity index (χ3n) is 2.41. The number of anilines is 1. The fourth-order valence-corrected chi connectivity index (χ4v) is 1.68. The Morgan fingerprint density at radius 3 is 2.58 bits per heavy atom. The molecule has 6 heteroatoms. The fourth-order valence-electron chi connectivity index (χ4n) is 1.48. The first-order chi connectivity index (χ1) is 8.86. The van der Waals surface area contributed by atoms with Crippen LogP contribution in [0.4, 0.5) is 10.1 Å². The van der Waals surface area contributed by atoms with Gasteiger partial charge in [0.2, 0.25) is 5.91 Å². The highest BCUT2D eigenvalue weighted by Gasteiger charge is 2.14. The normalized spacial score (nSPS) is 11.3. The second-order valence-corrected chi connectivity index (χ2v) is 4.24. The van der Waals surface area contributed by atoms with Gasteiger partial charge in [0, 0.05) is 18.1 Å².